The van der Waals surface area contributed by atoms with Gasteiger partial charge in [-0.3, -0.25) is 4.79 Å². The fourth-order valence-electron chi connectivity index (χ4n) is 5.37. The van der Waals surface area contributed by atoms with Gasteiger partial charge < -0.3 is 5.11 Å². The smallest absolute Gasteiger partial charge is 0.303 e. The number of unbranched alkanes of at least 4 members (excludes halogenated alkanes) is 1. The third-order valence-electron chi connectivity index (χ3n) is 6.63. The predicted molar refractivity (Wildman–Crippen MR) is 113 cm³/mol. The van der Waals surface area contributed by atoms with Crippen LogP contribution >= 0.6 is 23.2 Å². The number of allylic oxidation sites excluding steroid dienone is 2. The first kappa shape index (κ1) is 20.7. The normalized spacial score (nSPS) is 26.9. The van der Waals surface area contributed by atoms with Gasteiger partial charge in [0.05, 0.1) is 0 Å². The van der Waals surface area contributed by atoms with Crippen LogP contribution in [0.25, 0.3) is 0 Å². The summed E-state index contributed by atoms with van der Waals surface area (Å²) in [5, 5.41) is 10.3. The van der Waals surface area contributed by atoms with Crippen LogP contribution in [-0.2, 0) is 11.2 Å². The van der Waals surface area contributed by atoms with Crippen LogP contribution in [0.1, 0.15) is 62.5 Å². The molecule has 0 heterocycles. The van der Waals surface area contributed by atoms with Crippen LogP contribution in [0.2, 0.25) is 10.0 Å². The Morgan fingerprint density at radius 1 is 1.22 bits per heavy atom. The molecule has 0 amide bonds. The van der Waals surface area contributed by atoms with Crippen LogP contribution in [0.15, 0.2) is 24.3 Å². The summed E-state index contributed by atoms with van der Waals surface area (Å²) in [5.41, 5.74) is 2.43. The second-order valence-electron chi connectivity index (χ2n) is 8.36. The third-order valence-corrected chi connectivity index (χ3v) is 7.18. The number of carboxylic acid groups (broad SMARTS) is 1. The quantitative estimate of drug-likeness (QED) is 0.349. The Bertz CT molecular complexity index is 675. The van der Waals surface area contributed by atoms with Gasteiger partial charge in [0.15, 0.2) is 0 Å². The zero-order valence-electron chi connectivity index (χ0n) is 16.1. The predicted octanol–water partition coefficient (Wildman–Crippen LogP) is 7.10. The van der Waals surface area contributed by atoms with Crippen molar-refractivity contribution in [3.63, 3.8) is 0 Å². The van der Waals surface area contributed by atoms with Crippen molar-refractivity contribution in [2.45, 2.75) is 64.7 Å². The van der Waals surface area contributed by atoms with E-state index >= 15 is 0 Å². The highest BCUT2D eigenvalue weighted by atomic mass is 35.5. The van der Waals surface area contributed by atoms with E-state index in [4.69, 9.17) is 28.3 Å². The van der Waals surface area contributed by atoms with Crippen LogP contribution in [0.4, 0.5) is 0 Å². The van der Waals surface area contributed by atoms with Crippen molar-refractivity contribution in [3.05, 3.63) is 45.5 Å². The Balaban J connectivity index is 1.53. The molecule has 4 heteroatoms. The monoisotopic (exact) mass is 408 g/mol. The number of hydrogen-bond donors (Lipinski definition) is 1. The van der Waals surface area contributed by atoms with Crippen molar-refractivity contribution in [1.29, 1.82) is 0 Å². The van der Waals surface area contributed by atoms with Gasteiger partial charge in [0, 0.05) is 16.5 Å². The molecule has 1 aromatic carbocycles. The van der Waals surface area contributed by atoms with Gasteiger partial charge in [0.25, 0.3) is 0 Å². The van der Waals surface area contributed by atoms with Gasteiger partial charge in [0.2, 0.25) is 0 Å². The lowest BCUT2D eigenvalue weighted by Gasteiger charge is -2.29. The lowest BCUT2D eigenvalue weighted by molar-refractivity contribution is -0.137. The lowest BCUT2D eigenvalue weighted by atomic mass is 9.76. The van der Waals surface area contributed by atoms with Gasteiger partial charge in [-0.05, 0) is 105 Å². The van der Waals surface area contributed by atoms with Crippen LogP contribution in [0.3, 0.4) is 0 Å². The van der Waals surface area contributed by atoms with Crippen LogP contribution in [0.5, 0.6) is 0 Å². The molecule has 0 saturated heterocycles. The van der Waals surface area contributed by atoms with E-state index in [9.17, 15) is 4.79 Å². The number of hydrogen-bond acceptors (Lipinski definition) is 1. The van der Waals surface area contributed by atoms with Crippen molar-refractivity contribution >= 4 is 29.2 Å². The topological polar surface area (TPSA) is 37.3 Å². The summed E-state index contributed by atoms with van der Waals surface area (Å²) in [6, 6.07) is 3.86. The van der Waals surface area contributed by atoms with Gasteiger partial charge in [-0.1, -0.05) is 35.4 Å². The molecule has 0 aliphatic heterocycles. The van der Waals surface area contributed by atoms with Gasteiger partial charge in [-0.25, -0.2) is 0 Å². The standard InChI is InChI=1S/C23H30Cl2O2/c1-15-12-18(24)14-22(25)19(15)7-5-8-21-17-11-10-16(13-17)20(21)6-3-2-4-9-23(26)27/h3,6,12,14,16-17,20-21H,2,4-5,7-11,13H2,1H3,(H,26,27)/b6-3-/t16-,17+,20-,21-/m0/s1. The number of benzene rings is 1. The number of fused-ring (bicyclic) bond motifs is 2. The molecule has 0 unspecified atom stereocenters. The SMILES string of the molecule is Cc1cc(Cl)cc(Cl)c1CCC[C@H]1[C@@H]2CC[C@@H](C2)[C@@H]1/C=C\CCCC(=O)O. The van der Waals surface area contributed by atoms with Crippen LogP contribution in [0, 0.1) is 30.6 Å². The Morgan fingerprint density at radius 3 is 2.74 bits per heavy atom. The Labute approximate surface area is 172 Å². The average molecular weight is 409 g/mol. The summed E-state index contributed by atoms with van der Waals surface area (Å²) in [6.07, 6.45) is 14.1. The minimum atomic E-state index is -0.697. The Kier molecular flexibility index (Phi) is 7.28. The van der Waals surface area contributed by atoms with Crippen molar-refractivity contribution in [2.75, 3.05) is 0 Å². The first-order valence-corrected chi connectivity index (χ1v) is 11.0. The molecule has 148 valence electrons. The zero-order valence-corrected chi connectivity index (χ0v) is 17.6. The van der Waals surface area contributed by atoms with Crippen molar-refractivity contribution in [3.8, 4) is 0 Å². The Morgan fingerprint density at radius 2 is 2.00 bits per heavy atom. The molecular weight excluding hydrogens is 379 g/mol. The summed E-state index contributed by atoms with van der Waals surface area (Å²) in [4.78, 5) is 10.6. The molecular formula is C23H30Cl2O2. The first-order valence-electron chi connectivity index (χ1n) is 10.3. The maximum atomic E-state index is 10.6. The average Bonchev–Trinajstić information content (AvgIpc) is 3.18. The molecule has 1 aromatic rings. The molecule has 2 aliphatic carbocycles. The third kappa shape index (κ3) is 5.29. The molecule has 2 bridgehead atoms. The van der Waals surface area contributed by atoms with E-state index < -0.39 is 5.97 Å². The summed E-state index contributed by atoms with van der Waals surface area (Å²) >= 11 is 12.5. The first-order chi connectivity index (χ1) is 13.0. The van der Waals surface area contributed by atoms with E-state index in [1.54, 1.807) is 0 Å². The highest BCUT2D eigenvalue weighted by molar-refractivity contribution is 6.35. The van der Waals surface area contributed by atoms with E-state index in [0.717, 1.165) is 42.0 Å². The molecule has 4 atom stereocenters. The van der Waals surface area contributed by atoms with Crippen molar-refractivity contribution < 1.29 is 9.90 Å². The van der Waals surface area contributed by atoms with Crippen LogP contribution < -0.4 is 0 Å². The van der Waals surface area contributed by atoms with E-state index in [0.29, 0.717) is 10.9 Å². The van der Waals surface area contributed by atoms with Gasteiger partial charge in [-0.2, -0.15) is 0 Å². The second kappa shape index (κ2) is 9.47. The fourth-order valence-corrected chi connectivity index (χ4v) is 6.06. The maximum Gasteiger partial charge on any atom is 0.303 e. The summed E-state index contributed by atoms with van der Waals surface area (Å²) in [6.45, 7) is 2.09. The largest absolute Gasteiger partial charge is 0.481 e. The highest BCUT2D eigenvalue weighted by Gasteiger charge is 2.45. The summed E-state index contributed by atoms with van der Waals surface area (Å²) < 4.78 is 0. The fraction of sp³-hybridized carbons (Fsp3) is 0.609. The van der Waals surface area contributed by atoms with Gasteiger partial charge >= 0.3 is 5.97 Å². The van der Waals surface area contributed by atoms with Gasteiger partial charge in [-0.15, -0.1) is 0 Å². The maximum absolute atomic E-state index is 10.6. The number of aryl methyl sites for hydroxylation is 1. The number of aliphatic carboxylic acids is 1. The number of halogens is 2. The van der Waals surface area contributed by atoms with E-state index in [1.807, 2.05) is 12.1 Å². The molecule has 1 N–H and O–H groups in total. The van der Waals surface area contributed by atoms with E-state index in [1.165, 1.54) is 43.2 Å². The van der Waals surface area contributed by atoms with E-state index in [-0.39, 0.29) is 6.42 Å². The molecule has 3 rings (SSSR count). The number of carbonyl (C=O) groups is 1. The van der Waals surface area contributed by atoms with Gasteiger partial charge in [0.1, 0.15) is 0 Å². The molecule has 0 aromatic heterocycles. The molecule has 2 aliphatic rings. The van der Waals surface area contributed by atoms with Crippen molar-refractivity contribution in [1.82, 2.24) is 0 Å². The highest BCUT2D eigenvalue weighted by Crippen LogP contribution is 2.54. The van der Waals surface area contributed by atoms with Crippen LogP contribution in [-0.4, -0.2) is 11.1 Å². The molecule has 27 heavy (non-hydrogen) atoms. The Hall–Kier alpha value is -0.990. The molecule has 0 spiro atoms. The summed E-state index contributed by atoms with van der Waals surface area (Å²) in [7, 11) is 0. The van der Waals surface area contributed by atoms with Crippen molar-refractivity contribution in [2.24, 2.45) is 23.7 Å². The second-order valence-corrected chi connectivity index (χ2v) is 9.21. The molecule has 2 fully saturated rings. The molecule has 2 nitrogen and oxygen atoms in total. The lowest BCUT2D eigenvalue weighted by Crippen LogP contribution is -2.21. The number of rotatable bonds is 9. The minimum Gasteiger partial charge on any atom is -0.481 e. The number of carboxylic acids is 1. The molecule has 2 saturated carbocycles. The summed E-state index contributed by atoms with van der Waals surface area (Å²) in [5.74, 6) is 2.50. The minimum absolute atomic E-state index is 0.270. The zero-order chi connectivity index (χ0) is 19.4. The van der Waals surface area contributed by atoms with E-state index in [2.05, 4.69) is 19.1 Å². The molecule has 0 radical (unpaired) electrons.